The van der Waals surface area contributed by atoms with Crippen molar-refractivity contribution < 1.29 is 42.9 Å². The fourth-order valence-electron chi connectivity index (χ4n) is 8.51. The van der Waals surface area contributed by atoms with Crippen LogP contribution in [0.3, 0.4) is 0 Å². The molecule has 442 valence electrons. The predicted octanol–water partition coefficient (Wildman–Crippen LogP) is 17.6. The number of carbonyl (C=O) groups is 3. The molecule has 0 aliphatic heterocycles. The van der Waals surface area contributed by atoms with E-state index in [1.807, 2.05) is 21.1 Å². The lowest BCUT2D eigenvalue weighted by molar-refractivity contribution is -0.870. The van der Waals surface area contributed by atoms with Crippen LogP contribution in [-0.2, 0) is 33.3 Å². The summed E-state index contributed by atoms with van der Waals surface area (Å²) in [6, 6.07) is 0. The van der Waals surface area contributed by atoms with Gasteiger partial charge in [0.25, 0.3) is 0 Å². The molecule has 0 saturated heterocycles. The van der Waals surface area contributed by atoms with Crippen LogP contribution in [0.5, 0.6) is 0 Å². The van der Waals surface area contributed by atoms with Gasteiger partial charge in [-0.05, 0) is 96.3 Å². The summed E-state index contributed by atoms with van der Waals surface area (Å²) in [4.78, 5) is 37.3. The van der Waals surface area contributed by atoms with Gasteiger partial charge in [0, 0.05) is 12.8 Å². The molecular weight excluding hydrogens is 959 g/mol. The Bertz CT molecular complexity index is 1580. The number of esters is 2. The number of ether oxygens (including phenoxy) is 4. The van der Waals surface area contributed by atoms with Gasteiger partial charge in [-0.25, -0.2) is 0 Å². The number of hydrogen-bond donors (Lipinski definition) is 0. The third kappa shape index (κ3) is 59.7. The zero-order valence-electron chi connectivity index (χ0n) is 50.3. The highest BCUT2D eigenvalue weighted by atomic mass is 16.7. The van der Waals surface area contributed by atoms with Crippen LogP contribution in [0.25, 0.3) is 0 Å². The highest BCUT2D eigenvalue weighted by Gasteiger charge is 2.22. The second-order valence-electron chi connectivity index (χ2n) is 22.0. The van der Waals surface area contributed by atoms with E-state index < -0.39 is 24.3 Å². The number of unbranched alkanes of at least 4 members (excludes halogenated alkanes) is 26. The van der Waals surface area contributed by atoms with Crippen molar-refractivity contribution >= 4 is 17.9 Å². The largest absolute Gasteiger partial charge is 0.545 e. The van der Waals surface area contributed by atoms with Crippen molar-refractivity contribution in [1.82, 2.24) is 0 Å². The van der Waals surface area contributed by atoms with Gasteiger partial charge < -0.3 is 33.3 Å². The van der Waals surface area contributed by atoms with Gasteiger partial charge in [-0.1, -0.05) is 246 Å². The zero-order chi connectivity index (χ0) is 56.2. The molecule has 0 saturated carbocycles. The second-order valence-corrected chi connectivity index (χ2v) is 22.0. The third-order valence-corrected chi connectivity index (χ3v) is 13.3. The molecule has 0 fully saturated rings. The first-order valence-corrected chi connectivity index (χ1v) is 31.4. The van der Waals surface area contributed by atoms with Crippen molar-refractivity contribution in [3.63, 3.8) is 0 Å². The lowest BCUT2D eigenvalue weighted by atomic mass is 10.0. The molecule has 0 aliphatic carbocycles. The molecule has 77 heavy (non-hydrogen) atoms. The summed E-state index contributed by atoms with van der Waals surface area (Å²) < 4.78 is 22.7. The molecule has 0 heterocycles. The number of carboxylic acid groups (broad SMARTS) is 1. The van der Waals surface area contributed by atoms with Crippen LogP contribution in [0.4, 0.5) is 0 Å². The number of carboxylic acids is 1. The molecule has 0 rings (SSSR count). The lowest BCUT2D eigenvalue weighted by Crippen LogP contribution is -2.44. The Balaban J connectivity index is 4.07. The van der Waals surface area contributed by atoms with Gasteiger partial charge in [-0.2, -0.15) is 0 Å². The Labute approximate surface area is 473 Å². The number of aliphatic carboxylic acids is 1. The molecule has 2 atom stereocenters. The summed E-state index contributed by atoms with van der Waals surface area (Å²) >= 11 is 0. The summed E-state index contributed by atoms with van der Waals surface area (Å²) in [5.74, 6) is -2.30. The Hall–Kier alpha value is -3.79. The quantitative estimate of drug-likeness (QED) is 0.0195. The molecule has 0 aromatic rings. The van der Waals surface area contributed by atoms with Crippen LogP contribution in [0, 0.1) is 0 Å². The van der Waals surface area contributed by atoms with E-state index in [0.717, 1.165) is 103 Å². The summed E-state index contributed by atoms with van der Waals surface area (Å²) in [5.41, 5.74) is 0. The molecule has 0 aliphatic rings. The Morgan fingerprint density at radius 2 is 0.740 bits per heavy atom. The molecule has 0 N–H and O–H groups in total. The van der Waals surface area contributed by atoms with Crippen LogP contribution in [-0.4, -0.2) is 82.3 Å². The smallest absolute Gasteiger partial charge is 0.306 e. The van der Waals surface area contributed by atoms with Crippen molar-refractivity contribution in [2.45, 2.75) is 270 Å². The molecule has 0 aromatic carbocycles. The highest BCUT2D eigenvalue weighted by molar-refractivity contribution is 5.70. The van der Waals surface area contributed by atoms with Crippen LogP contribution < -0.4 is 5.11 Å². The Morgan fingerprint density at radius 3 is 1.10 bits per heavy atom. The van der Waals surface area contributed by atoms with Gasteiger partial charge in [0.15, 0.2) is 12.4 Å². The molecule has 0 aromatic heterocycles. The van der Waals surface area contributed by atoms with Crippen molar-refractivity contribution in [1.29, 1.82) is 0 Å². The van der Waals surface area contributed by atoms with Crippen molar-refractivity contribution in [2.75, 3.05) is 47.5 Å². The highest BCUT2D eigenvalue weighted by Crippen LogP contribution is 2.16. The number of allylic oxidation sites excluding steroid dienone is 16. The topological polar surface area (TPSA) is 111 Å². The minimum atomic E-state index is -1.63. The fourth-order valence-corrected chi connectivity index (χ4v) is 8.51. The monoisotopic (exact) mass is 1080 g/mol. The van der Waals surface area contributed by atoms with Crippen LogP contribution in [0.1, 0.15) is 258 Å². The van der Waals surface area contributed by atoms with Crippen LogP contribution in [0.2, 0.25) is 0 Å². The van der Waals surface area contributed by atoms with Gasteiger partial charge in [0.05, 0.1) is 40.3 Å². The second kappa shape index (κ2) is 58.4. The average Bonchev–Trinajstić information content (AvgIpc) is 3.40. The van der Waals surface area contributed by atoms with Gasteiger partial charge in [0.2, 0.25) is 0 Å². The van der Waals surface area contributed by atoms with E-state index in [2.05, 4.69) is 111 Å². The van der Waals surface area contributed by atoms with E-state index in [1.54, 1.807) is 0 Å². The van der Waals surface area contributed by atoms with Crippen molar-refractivity contribution in [3.8, 4) is 0 Å². The third-order valence-electron chi connectivity index (χ3n) is 13.3. The summed E-state index contributed by atoms with van der Waals surface area (Å²) in [6.07, 6.45) is 76.2. The van der Waals surface area contributed by atoms with E-state index in [4.69, 9.17) is 18.9 Å². The molecule has 2 unspecified atom stereocenters. The average molecular weight is 1080 g/mol. The van der Waals surface area contributed by atoms with Crippen molar-refractivity contribution in [2.24, 2.45) is 0 Å². The predicted molar refractivity (Wildman–Crippen MR) is 324 cm³/mol. The van der Waals surface area contributed by atoms with Gasteiger partial charge in [-0.15, -0.1) is 0 Å². The van der Waals surface area contributed by atoms with Gasteiger partial charge in [-0.3, -0.25) is 9.59 Å². The van der Waals surface area contributed by atoms with E-state index in [9.17, 15) is 19.5 Å². The molecule has 0 radical (unpaired) electrons. The lowest BCUT2D eigenvalue weighted by Gasteiger charge is -2.26. The number of quaternary nitrogens is 1. The maximum Gasteiger partial charge on any atom is 0.306 e. The Morgan fingerprint density at radius 1 is 0.403 bits per heavy atom. The number of nitrogens with zero attached hydrogens (tertiary/aromatic N) is 1. The van der Waals surface area contributed by atoms with E-state index in [1.165, 1.54) is 122 Å². The Kier molecular flexibility index (Phi) is 55.5. The molecule has 0 amide bonds. The minimum absolute atomic E-state index is 0.143. The van der Waals surface area contributed by atoms with Crippen LogP contribution >= 0.6 is 0 Å². The van der Waals surface area contributed by atoms with E-state index in [0.29, 0.717) is 17.4 Å². The SMILES string of the molecule is CC/C=C\C/C=C\C/C=C\C/C=C\C/C=C\C/C=C\CCCCCCCCCCCCCCCCCCCCC(=O)OC(COC(=O)CCCCCCC/C=C\C/C=C\CCCCC)COC(OCC[N+](C)(C)C)C(=O)[O-]. The number of hydrogen-bond acceptors (Lipinski definition) is 8. The summed E-state index contributed by atoms with van der Waals surface area (Å²) in [7, 11) is 5.92. The summed E-state index contributed by atoms with van der Waals surface area (Å²) in [5, 5.41) is 11.8. The molecule has 9 nitrogen and oxygen atoms in total. The summed E-state index contributed by atoms with van der Waals surface area (Å²) in [6.45, 7) is 4.60. The van der Waals surface area contributed by atoms with Gasteiger partial charge in [0.1, 0.15) is 13.2 Å². The first-order chi connectivity index (χ1) is 37.6. The normalized spacial score (nSPS) is 13.4. The minimum Gasteiger partial charge on any atom is -0.545 e. The standard InChI is InChI=1S/C68H117NO8/c1-6-8-10-12-14-16-18-20-22-23-24-25-26-27-28-29-30-31-32-33-34-35-36-37-38-39-40-41-42-43-45-47-49-51-53-55-57-59-66(71)77-64(63-76-68(67(72)73)74-61-60-69(3,4)5)62-75-65(70)58-56-54-52-50-48-46-44-21-19-17-15-13-11-9-7-2/h8,10,14-17,20-22,24-25,27-28,30-31,44,64,68H,6-7,9,11-13,18-19,23,26,29,32-43,45-63H2,1-5H3/b10-8-,16-14-,17-15-,22-20-,25-24-,28-27-,31-30-,44-21-. The van der Waals surface area contributed by atoms with Gasteiger partial charge >= 0.3 is 11.9 Å². The molecule has 0 bridgehead atoms. The van der Waals surface area contributed by atoms with Crippen molar-refractivity contribution in [3.05, 3.63) is 97.2 Å². The number of likely N-dealkylation sites (N-methyl/N-ethyl adjacent to an activating group) is 1. The molecule has 9 heteroatoms. The first kappa shape index (κ1) is 73.2. The van der Waals surface area contributed by atoms with Crippen LogP contribution in [0.15, 0.2) is 97.2 Å². The van der Waals surface area contributed by atoms with E-state index >= 15 is 0 Å². The maximum atomic E-state index is 12.9. The fraction of sp³-hybridized carbons (Fsp3) is 0.721. The molecule has 0 spiro atoms. The first-order valence-electron chi connectivity index (χ1n) is 31.4. The number of rotatable bonds is 57. The maximum absolute atomic E-state index is 12.9. The zero-order valence-corrected chi connectivity index (χ0v) is 50.3. The number of carbonyl (C=O) groups excluding carboxylic acids is 3. The van der Waals surface area contributed by atoms with E-state index in [-0.39, 0.29) is 38.6 Å². The molecular formula is C68H117NO8.